The van der Waals surface area contributed by atoms with E-state index in [1.165, 1.54) is 18.2 Å². The highest BCUT2D eigenvalue weighted by Crippen LogP contribution is 2.29. The molecule has 1 aromatic heterocycles. The van der Waals surface area contributed by atoms with Crippen LogP contribution in [-0.4, -0.2) is 27.1 Å². The predicted molar refractivity (Wildman–Crippen MR) is 93.2 cm³/mol. The smallest absolute Gasteiger partial charge is 0.404 e. The molecule has 0 aliphatic heterocycles. The van der Waals surface area contributed by atoms with Crippen molar-refractivity contribution in [1.82, 2.24) is 14.8 Å². The average molecular weight is 456 g/mol. The first kappa shape index (κ1) is 20.0. The highest BCUT2D eigenvalue weighted by atomic mass is 127. The maximum atomic E-state index is 12.3. The van der Waals surface area contributed by atoms with Crippen molar-refractivity contribution in [3.05, 3.63) is 36.4 Å². The van der Waals surface area contributed by atoms with E-state index in [2.05, 4.69) is 25.2 Å². The predicted octanol–water partition coefficient (Wildman–Crippen LogP) is 2.74. The van der Waals surface area contributed by atoms with Gasteiger partial charge in [0.1, 0.15) is 12.9 Å². The van der Waals surface area contributed by atoms with E-state index in [4.69, 9.17) is 5.73 Å². The summed E-state index contributed by atoms with van der Waals surface area (Å²) < 4.78 is 42.7. The Hall–Kier alpha value is -2.05. The fourth-order valence-electron chi connectivity index (χ4n) is 1.78. The van der Waals surface area contributed by atoms with Crippen molar-refractivity contribution >= 4 is 35.6 Å². The molecule has 2 rings (SSSR count). The molecule has 0 fully saturated rings. The van der Waals surface area contributed by atoms with Crippen molar-refractivity contribution < 1.29 is 17.9 Å². The molecule has 2 aromatic rings. The zero-order valence-corrected chi connectivity index (χ0v) is 14.9. The van der Waals surface area contributed by atoms with Gasteiger partial charge in [-0.15, -0.1) is 47.3 Å². The van der Waals surface area contributed by atoms with Crippen molar-refractivity contribution in [3.8, 4) is 5.75 Å². The number of rotatable bonds is 5. The minimum Gasteiger partial charge on any atom is -0.404 e. The van der Waals surface area contributed by atoms with E-state index in [-0.39, 0.29) is 42.2 Å². The normalized spacial score (nSPS) is 11.8. The minimum absolute atomic E-state index is 0. The molecule has 1 aromatic carbocycles. The lowest BCUT2D eigenvalue weighted by Crippen LogP contribution is -2.24. The van der Waals surface area contributed by atoms with Crippen LogP contribution >= 0.6 is 24.0 Å². The Labute approximate surface area is 153 Å². The summed E-state index contributed by atoms with van der Waals surface area (Å²) in [7, 11) is 0. The van der Waals surface area contributed by atoms with Crippen LogP contribution in [0.2, 0.25) is 0 Å². The fourth-order valence-corrected chi connectivity index (χ4v) is 1.78. The van der Waals surface area contributed by atoms with Crippen LogP contribution in [0, 0.1) is 0 Å². The number of anilines is 1. The summed E-state index contributed by atoms with van der Waals surface area (Å²) in [5.41, 5.74) is 5.75. The van der Waals surface area contributed by atoms with Crippen LogP contribution in [0.25, 0.3) is 0 Å². The molecule has 3 N–H and O–H groups in total. The first-order valence-electron chi connectivity index (χ1n) is 6.67. The van der Waals surface area contributed by atoms with Crippen LogP contribution in [0.5, 0.6) is 5.75 Å². The van der Waals surface area contributed by atoms with E-state index in [0.29, 0.717) is 12.4 Å². The molecule has 0 saturated heterocycles. The number of benzene rings is 1. The second-order valence-electron chi connectivity index (χ2n) is 4.40. The molecule has 0 radical (unpaired) electrons. The van der Waals surface area contributed by atoms with Gasteiger partial charge in [-0.2, -0.15) is 0 Å². The van der Waals surface area contributed by atoms with Gasteiger partial charge < -0.3 is 20.4 Å². The number of aromatic nitrogens is 3. The molecule has 0 aliphatic carbocycles. The summed E-state index contributed by atoms with van der Waals surface area (Å²) in [6.07, 6.45) is -3.23. The van der Waals surface area contributed by atoms with Gasteiger partial charge in [0.05, 0.1) is 5.69 Å². The van der Waals surface area contributed by atoms with Crippen LogP contribution in [0.1, 0.15) is 12.7 Å². The number of hydrogen-bond acceptors (Lipinski definition) is 4. The van der Waals surface area contributed by atoms with Gasteiger partial charge >= 0.3 is 6.36 Å². The molecule has 0 amide bonds. The third-order valence-electron chi connectivity index (χ3n) is 2.80. The third kappa shape index (κ3) is 5.86. The van der Waals surface area contributed by atoms with Crippen molar-refractivity contribution in [2.24, 2.45) is 10.7 Å². The van der Waals surface area contributed by atoms with Crippen molar-refractivity contribution in [1.29, 1.82) is 0 Å². The molecule has 1 heterocycles. The second-order valence-corrected chi connectivity index (χ2v) is 4.40. The van der Waals surface area contributed by atoms with Gasteiger partial charge in [-0.25, -0.2) is 4.99 Å². The van der Waals surface area contributed by atoms with E-state index >= 15 is 0 Å². The maximum absolute atomic E-state index is 12.3. The highest BCUT2D eigenvalue weighted by Gasteiger charge is 2.32. The summed E-state index contributed by atoms with van der Waals surface area (Å²) >= 11 is 0. The number of nitrogens with one attached hydrogen (secondary N) is 1. The van der Waals surface area contributed by atoms with Crippen molar-refractivity contribution in [3.63, 3.8) is 0 Å². The Morgan fingerprint density at radius 3 is 2.75 bits per heavy atom. The van der Waals surface area contributed by atoms with Gasteiger partial charge in [-0.1, -0.05) is 12.1 Å². The van der Waals surface area contributed by atoms with E-state index in [1.54, 1.807) is 17.0 Å². The Balaban J connectivity index is 0.00000288. The topological polar surface area (TPSA) is 90.4 Å². The van der Waals surface area contributed by atoms with Gasteiger partial charge in [0.2, 0.25) is 0 Å². The van der Waals surface area contributed by atoms with Gasteiger partial charge in [-0.3, -0.25) is 0 Å². The SMILES string of the molecule is CCn1cnnc1CN=C(N)Nc1ccccc1OC(F)(F)F.I. The van der Waals surface area contributed by atoms with Crippen molar-refractivity contribution in [2.75, 3.05) is 5.32 Å². The fraction of sp³-hybridized carbons (Fsp3) is 0.308. The number of halogens is 4. The molecule has 7 nitrogen and oxygen atoms in total. The maximum Gasteiger partial charge on any atom is 0.573 e. The molecule has 132 valence electrons. The van der Waals surface area contributed by atoms with Crippen LogP contribution in [-0.2, 0) is 13.1 Å². The number of aryl methyl sites for hydroxylation is 1. The number of ether oxygens (including phenoxy) is 1. The lowest BCUT2D eigenvalue weighted by atomic mass is 10.3. The lowest BCUT2D eigenvalue weighted by molar-refractivity contribution is -0.274. The number of hydrogen-bond donors (Lipinski definition) is 2. The Bertz CT molecular complexity index is 688. The molecular weight excluding hydrogens is 440 g/mol. The molecule has 0 saturated carbocycles. The van der Waals surface area contributed by atoms with Gasteiger partial charge in [-0.05, 0) is 19.1 Å². The zero-order chi connectivity index (χ0) is 16.9. The average Bonchev–Trinajstić information content (AvgIpc) is 2.93. The van der Waals surface area contributed by atoms with Crippen LogP contribution in [0.15, 0.2) is 35.6 Å². The van der Waals surface area contributed by atoms with E-state index in [9.17, 15) is 13.2 Å². The van der Waals surface area contributed by atoms with Crippen LogP contribution in [0.4, 0.5) is 18.9 Å². The summed E-state index contributed by atoms with van der Waals surface area (Å²) in [6.45, 7) is 2.74. The molecule has 24 heavy (non-hydrogen) atoms. The van der Waals surface area contributed by atoms with E-state index in [1.807, 2.05) is 6.92 Å². The monoisotopic (exact) mass is 456 g/mol. The zero-order valence-electron chi connectivity index (χ0n) is 12.6. The largest absolute Gasteiger partial charge is 0.573 e. The molecule has 0 bridgehead atoms. The molecular formula is C13H16F3IN6O. The second kappa shape index (κ2) is 8.70. The number of para-hydroxylation sites is 2. The molecule has 11 heteroatoms. The summed E-state index contributed by atoms with van der Waals surface area (Å²) in [5.74, 6) is 0.140. The lowest BCUT2D eigenvalue weighted by Gasteiger charge is -2.14. The molecule has 0 atom stereocenters. The summed E-state index contributed by atoms with van der Waals surface area (Å²) in [5, 5.41) is 10.2. The van der Waals surface area contributed by atoms with Crippen molar-refractivity contribution in [2.45, 2.75) is 26.4 Å². The summed E-state index contributed by atoms with van der Waals surface area (Å²) in [4.78, 5) is 4.03. The van der Waals surface area contributed by atoms with Crippen LogP contribution < -0.4 is 15.8 Å². The van der Waals surface area contributed by atoms with Gasteiger partial charge in [0.15, 0.2) is 17.5 Å². The number of aliphatic imine (C=N–C) groups is 1. The molecule has 0 spiro atoms. The Morgan fingerprint density at radius 2 is 2.08 bits per heavy atom. The molecule has 0 aliphatic rings. The molecule has 0 unspecified atom stereocenters. The number of nitrogens with two attached hydrogens (primary N) is 1. The summed E-state index contributed by atoms with van der Waals surface area (Å²) in [6, 6.07) is 5.55. The Morgan fingerprint density at radius 1 is 1.38 bits per heavy atom. The Kier molecular flexibility index (Phi) is 7.25. The van der Waals surface area contributed by atoms with Gasteiger partial charge in [0.25, 0.3) is 0 Å². The standard InChI is InChI=1S/C13H15F3N6O.HI/c1-2-22-8-19-21-11(22)7-18-12(17)20-9-5-3-4-6-10(9)23-13(14,15)16;/h3-6,8H,2,7H2,1H3,(H3,17,18,20);1H. The highest BCUT2D eigenvalue weighted by molar-refractivity contribution is 14.0. The quantitative estimate of drug-likeness (QED) is 0.411. The third-order valence-corrected chi connectivity index (χ3v) is 2.80. The van der Waals surface area contributed by atoms with Gasteiger partial charge in [0, 0.05) is 6.54 Å². The number of nitrogens with zero attached hydrogens (tertiary/aromatic N) is 4. The van der Waals surface area contributed by atoms with E-state index in [0.717, 1.165) is 0 Å². The first-order chi connectivity index (χ1) is 10.9. The first-order valence-corrected chi connectivity index (χ1v) is 6.67. The minimum atomic E-state index is -4.79. The van der Waals surface area contributed by atoms with Crippen LogP contribution in [0.3, 0.4) is 0 Å². The number of guanidine groups is 1. The van der Waals surface area contributed by atoms with E-state index < -0.39 is 12.1 Å². The number of alkyl halides is 3.